The molecular formula is C15H16FNO5S2. The van der Waals surface area contributed by atoms with Gasteiger partial charge in [0.25, 0.3) is 0 Å². The Morgan fingerprint density at radius 1 is 1.08 bits per heavy atom. The van der Waals surface area contributed by atoms with E-state index in [0.29, 0.717) is 0 Å². The smallest absolute Gasteiger partial charge is 0.244 e. The summed E-state index contributed by atoms with van der Waals surface area (Å²) < 4.78 is 69.0. The van der Waals surface area contributed by atoms with Crippen LogP contribution in [0, 0.1) is 5.82 Å². The van der Waals surface area contributed by atoms with Gasteiger partial charge in [0.2, 0.25) is 10.0 Å². The van der Waals surface area contributed by atoms with E-state index in [9.17, 15) is 21.2 Å². The average molecular weight is 373 g/mol. The molecule has 0 saturated carbocycles. The lowest BCUT2D eigenvalue weighted by Crippen LogP contribution is -2.24. The first-order valence-electron chi connectivity index (χ1n) is 6.76. The van der Waals surface area contributed by atoms with Crippen molar-refractivity contribution in [1.82, 2.24) is 4.72 Å². The van der Waals surface area contributed by atoms with Crippen molar-refractivity contribution in [2.45, 2.75) is 16.3 Å². The number of rotatable bonds is 6. The number of halogens is 1. The van der Waals surface area contributed by atoms with Crippen LogP contribution in [-0.2, 0) is 26.4 Å². The zero-order valence-electron chi connectivity index (χ0n) is 13.0. The molecule has 0 aliphatic carbocycles. The maximum Gasteiger partial charge on any atom is 0.244 e. The van der Waals surface area contributed by atoms with Gasteiger partial charge in [-0.05, 0) is 24.3 Å². The molecule has 2 aromatic carbocycles. The summed E-state index contributed by atoms with van der Waals surface area (Å²) in [5, 5.41) is 0. The highest BCUT2D eigenvalue weighted by Gasteiger charge is 2.22. The molecule has 130 valence electrons. The van der Waals surface area contributed by atoms with Gasteiger partial charge < -0.3 is 4.74 Å². The van der Waals surface area contributed by atoms with Crippen LogP contribution in [0.5, 0.6) is 5.75 Å². The molecule has 0 saturated heterocycles. The zero-order valence-corrected chi connectivity index (χ0v) is 14.6. The van der Waals surface area contributed by atoms with E-state index in [2.05, 4.69) is 4.72 Å². The minimum absolute atomic E-state index is 0.0107. The molecule has 0 unspecified atom stereocenters. The molecule has 0 heterocycles. The highest BCUT2D eigenvalue weighted by Crippen LogP contribution is 2.27. The molecule has 0 bridgehead atoms. The van der Waals surface area contributed by atoms with Crippen molar-refractivity contribution in [3.05, 3.63) is 53.8 Å². The van der Waals surface area contributed by atoms with Crippen molar-refractivity contribution in [3.63, 3.8) is 0 Å². The van der Waals surface area contributed by atoms with E-state index in [0.717, 1.165) is 12.3 Å². The van der Waals surface area contributed by atoms with E-state index in [4.69, 9.17) is 4.74 Å². The van der Waals surface area contributed by atoms with Crippen LogP contribution >= 0.6 is 0 Å². The number of sulfone groups is 1. The predicted molar refractivity (Wildman–Crippen MR) is 86.5 cm³/mol. The minimum atomic E-state index is -4.11. The third-order valence-corrected chi connectivity index (χ3v) is 5.80. The fourth-order valence-corrected chi connectivity index (χ4v) is 3.91. The number of nitrogens with one attached hydrogen (secondary N) is 1. The van der Waals surface area contributed by atoms with Gasteiger partial charge in [-0.3, -0.25) is 0 Å². The highest BCUT2D eigenvalue weighted by molar-refractivity contribution is 7.91. The molecule has 0 aliphatic rings. The number of hydrogen-bond donors (Lipinski definition) is 1. The van der Waals surface area contributed by atoms with Crippen LogP contribution in [0.3, 0.4) is 0 Å². The Morgan fingerprint density at radius 2 is 1.75 bits per heavy atom. The standard InChI is InChI=1S/C15H16FNO5S2/c1-22-14-8-7-12(23(2,18)19)9-15(14)24(20,21)17-10-11-5-3-4-6-13(11)16/h3-9,17H,10H2,1-2H3. The van der Waals surface area contributed by atoms with E-state index in [1.54, 1.807) is 6.07 Å². The molecule has 0 spiro atoms. The van der Waals surface area contributed by atoms with Gasteiger partial charge in [0.05, 0.1) is 12.0 Å². The fourth-order valence-electron chi connectivity index (χ4n) is 1.99. The van der Waals surface area contributed by atoms with Crippen molar-refractivity contribution in [1.29, 1.82) is 0 Å². The molecule has 2 aromatic rings. The lowest BCUT2D eigenvalue weighted by Gasteiger charge is -2.12. The molecule has 2 rings (SSSR count). The number of ether oxygens (including phenoxy) is 1. The van der Waals surface area contributed by atoms with E-state index < -0.39 is 25.7 Å². The molecule has 0 aromatic heterocycles. The summed E-state index contributed by atoms with van der Waals surface area (Å²) in [6.07, 6.45) is 0.970. The first-order valence-corrected chi connectivity index (χ1v) is 10.1. The molecular weight excluding hydrogens is 357 g/mol. The van der Waals surface area contributed by atoms with Crippen molar-refractivity contribution < 1.29 is 26.0 Å². The largest absolute Gasteiger partial charge is 0.495 e. The molecule has 24 heavy (non-hydrogen) atoms. The average Bonchev–Trinajstić information content (AvgIpc) is 2.52. The van der Waals surface area contributed by atoms with Crippen LogP contribution in [-0.4, -0.2) is 30.2 Å². The topological polar surface area (TPSA) is 89.5 Å². The Bertz CT molecular complexity index is 956. The van der Waals surface area contributed by atoms with Crippen LogP contribution in [0.15, 0.2) is 52.3 Å². The second kappa shape index (κ2) is 6.88. The van der Waals surface area contributed by atoms with Crippen LogP contribution in [0.1, 0.15) is 5.56 Å². The predicted octanol–water partition coefficient (Wildman–Crippen LogP) is 1.72. The SMILES string of the molecule is COc1ccc(S(C)(=O)=O)cc1S(=O)(=O)NCc1ccccc1F. The Labute approximate surface area is 140 Å². The fraction of sp³-hybridized carbons (Fsp3) is 0.200. The van der Waals surface area contributed by atoms with E-state index in [1.165, 1.54) is 37.4 Å². The van der Waals surface area contributed by atoms with E-state index in [1.807, 2.05) is 0 Å². The third-order valence-electron chi connectivity index (χ3n) is 3.26. The summed E-state index contributed by atoms with van der Waals surface area (Å²) in [4.78, 5) is -0.487. The van der Waals surface area contributed by atoms with Crippen molar-refractivity contribution in [2.75, 3.05) is 13.4 Å². The summed E-state index contributed by atoms with van der Waals surface area (Å²) in [5.74, 6) is -0.555. The van der Waals surface area contributed by atoms with Crippen LogP contribution in [0.4, 0.5) is 4.39 Å². The second-order valence-electron chi connectivity index (χ2n) is 5.00. The monoisotopic (exact) mass is 373 g/mol. The maximum atomic E-state index is 13.6. The molecule has 0 fully saturated rings. The maximum absolute atomic E-state index is 13.6. The number of sulfonamides is 1. The van der Waals surface area contributed by atoms with Gasteiger partial charge in [0.1, 0.15) is 16.5 Å². The second-order valence-corrected chi connectivity index (χ2v) is 8.75. The van der Waals surface area contributed by atoms with Gasteiger partial charge in [-0.25, -0.2) is 25.9 Å². The third kappa shape index (κ3) is 4.11. The lowest BCUT2D eigenvalue weighted by atomic mass is 10.2. The molecule has 9 heteroatoms. The lowest BCUT2D eigenvalue weighted by molar-refractivity contribution is 0.401. The first-order chi connectivity index (χ1) is 11.1. The quantitative estimate of drug-likeness (QED) is 0.833. The van der Waals surface area contributed by atoms with Crippen molar-refractivity contribution in [3.8, 4) is 5.75 Å². The summed E-state index contributed by atoms with van der Waals surface area (Å²) in [5.41, 5.74) is 0.166. The zero-order chi connectivity index (χ0) is 18.0. The van der Waals surface area contributed by atoms with Gasteiger partial charge in [0, 0.05) is 18.4 Å². The Balaban J connectivity index is 2.39. The Morgan fingerprint density at radius 3 is 2.33 bits per heavy atom. The van der Waals surface area contributed by atoms with Crippen LogP contribution in [0.25, 0.3) is 0 Å². The van der Waals surface area contributed by atoms with E-state index in [-0.39, 0.29) is 27.6 Å². The van der Waals surface area contributed by atoms with Crippen molar-refractivity contribution in [2.24, 2.45) is 0 Å². The molecule has 1 N–H and O–H groups in total. The normalized spacial score (nSPS) is 12.1. The van der Waals surface area contributed by atoms with Gasteiger partial charge in [-0.2, -0.15) is 0 Å². The Kier molecular flexibility index (Phi) is 5.26. The van der Waals surface area contributed by atoms with Gasteiger partial charge >= 0.3 is 0 Å². The van der Waals surface area contributed by atoms with Crippen LogP contribution < -0.4 is 9.46 Å². The summed E-state index contributed by atoms with van der Waals surface area (Å²) >= 11 is 0. The van der Waals surface area contributed by atoms with Gasteiger partial charge in [-0.1, -0.05) is 18.2 Å². The van der Waals surface area contributed by atoms with Gasteiger partial charge in [0.15, 0.2) is 9.84 Å². The molecule has 0 aliphatic heterocycles. The van der Waals surface area contributed by atoms with E-state index >= 15 is 0 Å². The number of benzene rings is 2. The summed E-state index contributed by atoms with van der Waals surface area (Å²) in [6, 6.07) is 9.26. The minimum Gasteiger partial charge on any atom is -0.495 e. The van der Waals surface area contributed by atoms with Crippen LogP contribution in [0.2, 0.25) is 0 Å². The number of hydrogen-bond acceptors (Lipinski definition) is 5. The van der Waals surface area contributed by atoms with Gasteiger partial charge in [-0.15, -0.1) is 0 Å². The van der Waals surface area contributed by atoms with Crippen molar-refractivity contribution >= 4 is 19.9 Å². The number of methoxy groups -OCH3 is 1. The summed E-state index contributed by atoms with van der Waals surface area (Å²) in [6.45, 7) is -0.277. The molecule has 6 nitrogen and oxygen atoms in total. The molecule has 0 radical (unpaired) electrons. The summed E-state index contributed by atoms with van der Waals surface area (Å²) in [7, 11) is -6.43. The Hall–Kier alpha value is -1.97. The highest BCUT2D eigenvalue weighted by atomic mass is 32.2. The molecule has 0 atom stereocenters. The molecule has 0 amide bonds. The first kappa shape index (κ1) is 18.4.